The molecule has 28 heavy (non-hydrogen) atoms. The summed E-state index contributed by atoms with van der Waals surface area (Å²) in [5.74, 6) is 0.393. The summed E-state index contributed by atoms with van der Waals surface area (Å²) in [7, 11) is 0. The summed E-state index contributed by atoms with van der Waals surface area (Å²) in [6.45, 7) is 3.80. The number of furan rings is 1. The molecule has 2 fully saturated rings. The summed E-state index contributed by atoms with van der Waals surface area (Å²) in [5, 5.41) is 3.04. The van der Waals surface area contributed by atoms with E-state index in [1.807, 2.05) is 42.5 Å². The van der Waals surface area contributed by atoms with E-state index in [2.05, 4.69) is 10.2 Å². The zero-order valence-electron chi connectivity index (χ0n) is 15.8. The standard InChI is InChI=1S/C21H25N3O4/c25-20-13-16(15-24(20)17-5-2-1-3-6-17)21(26)22-14-18(19-7-4-10-28-19)23-8-11-27-12-9-23/h1-7,10,16,18H,8-9,11-15H2,(H,22,26). The summed E-state index contributed by atoms with van der Waals surface area (Å²) in [6, 6.07) is 13.2. The molecule has 1 aromatic carbocycles. The maximum atomic E-state index is 12.8. The van der Waals surface area contributed by atoms with Crippen LogP contribution in [0, 0.1) is 5.92 Å². The number of nitrogens with one attached hydrogen (secondary N) is 1. The minimum atomic E-state index is -0.338. The van der Waals surface area contributed by atoms with Crippen LogP contribution in [0.3, 0.4) is 0 Å². The maximum absolute atomic E-state index is 12.8. The fraction of sp³-hybridized carbons (Fsp3) is 0.429. The molecule has 0 saturated carbocycles. The fourth-order valence-electron chi connectivity index (χ4n) is 3.86. The van der Waals surface area contributed by atoms with Gasteiger partial charge in [0.2, 0.25) is 11.8 Å². The van der Waals surface area contributed by atoms with Crippen molar-refractivity contribution in [3.8, 4) is 0 Å². The Labute approximate surface area is 164 Å². The molecule has 2 saturated heterocycles. The van der Waals surface area contributed by atoms with Crippen LogP contribution in [-0.4, -0.2) is 56.1 Å². The number of nitrogens with zero attached hydrogens (tertiary/aromatic N) is 2. The van der Waals surface area contributed by atoms with Crippen LogP contribution in [0.2, 0.25) is 0 Å². The first-order valence-electron chi connectivity index (χ1n) is 9.70. The quantitative estimate of drug-likeness (QED) is 0.824. The highest BCUT2D eigenvalue weighted by atomic mass is 16.5. The Hall–Kier alpha value is -2.64. The van der Waals surface area contributed by atoms with E-state index >= 15 is 0 Å². The van der Waals surface area contributed by atoms with E-state index in [1.165, 1.54) is 0 Å². The molecule has 7 nitrogen and oxygen atoms in total. The maximum Gasteiger partial charge on any atom is 0.227 e. The molecule has 2 amide bonds. The van der Waals surface area contributed by atoms with E-state index in [0.29, 0.717) is 26.3 Å². The molecule has 4 rings (SSSR count). The van der Waals surface area contributed by atoms with Gasteiger partial charge in [-0.1, -0.05) is 18.2 Å². The van der Waals surface area contributed by atoms with Gasteiger partial charge < -0.3 is 19.4 Å². The van der Waals surface area contributed by atoms with Gasteiger partial charge >= 0.3 is 0 Å². The number of rotatable bonds is 6. The fourth-order valence-corrected chi connectivity index (χ4v) is 3.86. The Morgan fingerprint density at radius 1 is 1.14 bits per heavy atom. The van der Waals surface area contributed by atoms with Crippen molar-refractivity contribution < 1.29 is 18.7 Å². The largest absolute Gasteiger partial charge is 0.468 e. The van der Waals surface area contributed by atoms with Crippen molar-refractivity contribution in [1.29, 1.82) is 0 Å². The van der Waals surface area contributed by atoms with Gasteiger partial charge in [0.15, 0.2) is 0 Å². The Bertz CT molecular complexity index is 787. The highest BCUT2D eigenvalue weighted by Gasteiger charge is 2.35. The number of benzene rings is 1. The first kappa shape index (κ1) is 18.7. The van der Waals surface area contributed by atoms with Gasteiger partial charge in [-0.05, 0) is 24.3 Å². The van der Waals surface area contributed by atoms with Gasteiger partial charge in [0.25, 0.3) is 0 Å². The molecule has 0 aliphatic carbocycles. The number of hydrogen-bond donors (Lipinski definition) is 1. The summed E-state index contributed by atoms with van der Waals surface area (Å²) >= 11 is 0. The first-order valence-corrected chi connectivity index (χ1v) is 9.70. The van der Waals surface area contributed by atoms with Gasteiger partial charge in [0, 0.05) is 38.3 Å². The van der Waals surface area contributed by atoms with Crippen LogP contribution in [0.15, 0.2) is 53.1 Å². The zero-order valence-corrected chi connectivity index (χ0v) is 15.8. The highest BCUT2D eigenvalue weighted by Crippen LogP contribution is 2.26. The average Bonchev–Trinajstić information content (AvgIpc) is 3.40. The van der Waals surface area contributed by atoms with Gasteiger partial charge in [-0.25, -0.2) is 0 Å². The monoisotopic (exact) mass is 383 g/mol. The third-order valence-electron chi connectivity index (χ3n) is 5.39. The first-order chi connectivity index (χ1) is 13.7. The van der Waals surface area contributed by atoms with Gasteiger partial charge in [-0.2, -0.15) is 0 Å². The van der Waals surface area contributed by atoms with Crippen LogP contribution in [0.25, 0.3) is 0 Å². The Morgan fingerprint density at radius 2 is 1.93 bits per heavy atom. The van der Waals surface area contributed by atoms with Gasteiger partial charge in [-0.15, -0.1) is 0 Å². The molecule has 2 atom stereocenters. The van der Waals surface area contributed by atoms with Crippen molar-refractivity contribution in [1.82, 2.24) is 10.2 Å². The number of anilines is 1. The molecule has 2 aliphatic rings. The van der Waals surface area contributed by atoms with Gasteiger partial charge in [0.05, 0.1) is 31.4 Å². The highest BCUT2D eigenvalue weighted by molar-refractivity contribution is 6.00. The smallest absolute Gasteiger partial charge is 0.227 e. The number of para-hydroxylation sites is 1. The molecule has 0 radical (unpaired) electrons. The minimum Gasteiger partial charge on any atom is -0.468 e. The molecular formula is C21H25N3O4. The molecule has 0 spiro atoms. The molecule has 2 aromatic rings. The topological polar surface area (TPSA) is 75.0 Å². The summed E-state index contributed by atoms with van der Waals surface area (Å²) in [6.07, 6.45) is 1.89. The van der Waals surface area contributed by atoms with Gasteiger partial charge in [-0.3, -0.25) is 14.5 Å². The third-order valence-corrected chi connectivity index (χ3v) is 5.39. The minimum absolute atomic E-state index is 0.0119. The van der Waals surface area contributed by atoms with E-state index in [-0.39, 0.29) is 30.2 Å². The van der Waals surface area contributed by atoms with Gasteiger partial charge in [0.1, 0.15) is 5.76 Å². The van der Waals surface area contributed by atoms with Crippen LogP contribution in [0.1, 0.15) is 18.2 Å². The normalized spacial score (nSPS) is 21.6. The lowest BCUT2D eigenvalue weighted by atomic mass is 10.1. The second-order valence-corrected chi connectivity index (χ2v) is 7.17. The van der Waals surface area contributed by atoms with Crippen molar-refractivity contribution in [3.05, 3.63) is 54.5 Å². The molecule has 2 unspecified atom stereocenters. The second kappa shape index (κ2) is 8.58. The van der Waals surface area contributed by atoms with Crippen molar-refractivity contribution in [2.75, 3.05) is 44.3 Å². The molecule has 148 valence electrons. The van der Waals surface area contributed by atoms with Crippen LogP contribution in [-0.2, 0) is 14.3 Å². The van der Waals surface area contributed by atoms with Crippen molar-refractivity contribution in [2.24, 2.45) is 5.92 Å². The number of ether oxygens (including phenoxy) is 1. The van der Waals surface area contributed by atoms with E-state index < -0.39 is 0 Å². The van der Waals surface area contributed by atoms with Crippen molar-refractivity contribution in [2.45, 2.75) is 12.5 Å². The number of carbonyl (C=O) groups is 2. The Kier molecular flexibility index (Phi) is 5.73. The lowest BCUT2D eigenvalue weighted by Crippen LogP contribution is -2.44. The predicted molar refractivity (Wildman–Crippen MR) is 104 cm³/mol. The lowest BCUT2D eigenvalue weighted by Gasteiger charge is -2.33. The van der Waals surface area contributed by atoms with Crippen LogP contribution in [0.5, 0.6) is 0 Å². The molecule has 2 aliphatic heterocycles. The predicted octanol–water partition coefficient (Wildman–Crippen LogP) is 1.82. The number of morpholine rings is 1. The molecule has 7 heteroatoms. The Balaban J connectivity index is 1.38. The molecule has 3 heterocycles. The Morgan fingerprint density at radius 3 is 2.64 bits per heavy atom. The molecule has 0 bridgehead atoms. The number of hydrogen-bond acceptors (Lipinski definition) is 5. The lowest BCUT2D eigenvalue weighted by molar-refractivity contribution is -0.126. The van der Waals surface area contributed by atoms with Crippen LogP contribution < -0.4 is 10.2 Å². The number of carbonyl (C=O) groups excluding carboxylic acids is 2. The zero-order chi connectivity index (χ0) is 19.3. The summed E-state index contributed by atoms with van der Waals surface area (Å²) in [5.41, 5.74) is 0.838. The van der Waals surface area contributed by atoms with E-state index in [0.717, 1.165) is 24.5 Å². The van der Waals surface area contributed by atoms with E-state index in [4.69, 9.17) is 9.15 Å². The second-order valence-electron chi connectivity index (χ2n) is 7.17. The van der Waals surface area contributed by atoms with Crippen LogP contribution in [0.4, 0.5) is 5.69 Å². The number of amides is 2. The summed E-state index contributed by atoms with van der Waals surface area (Å²) in [4.78, 5) is 29.1. The molecular weight excluding hydrogens is 358 g/mol. The van der Waals surface area contributed by atoms with Crippen molar-refractivity contribution in [3.63, 3.8) is 0 Å². The molecule has 1 N–H and O–H groups in total. The third kappa shape index (κ3) is 4.10. The van der Waals surface area contributed by atoms with Crippen LogP contribution >= 0.6 is 0 Å². The van der Waals surface area contributed by atoms with Crippen molar-refractivity contribution >= 4 is 17.5 Å². The van der Waals surface area contributed by atoms with E-state index in [9.17, 15) is 9.59 Å². The van der Waals surface area contributed by atoms with E-state index in [1.54, 1.807) is 11.2 Å². The average molecular weight is 383 g/mol. The summed E-state index contributed by atoms with van der Waals surface area (Å²) < 4.78 is 11.0. The molecule has 1 aromatic heterocycles. The SMILES string of the molecule is O=C(NCC(c1ccco1)N1CCOCC1)C1CC(=O)N(c2ccccc2)C1.